The Labute approximate surface area is 90.4 Å². The number of rotatable bonds is 2. The van der Waals surface area contributed by atoms with Crippen LogP contribution in [0.15, 0.2) is 28.9 Å². The third kappa shape index (κ3) is 1.45. The van der Waals surface area contributed by atoms with Crippen molar-refractivity contribution in [2.75, 3.05) is 0 Å². The molecule has 0 atom stereocenters. The molecule has 0 saturated carbocycles. The average Bonchev–Trinajstić information content (AvgIpc) is 2.44. The van der Waals surface area contributed by atoms with E-state index in [4.69, 9.17) is 5.21 Å². The first kappa shape index (κ1) is 9.71. The van der Waals surface area contributed by atoms with Crippen molar-refractivity contribution in [1.82, 2.24) is 10.0 Å². The van der Waals surface area contributed by atoms with E-state index in [2.05, 4.69) is 32.0 Å². The summed E-state index contributed by atoms with van der Waals surface area (Å²) < 4.78 is 3.11. The molecule has 1 aromatic carbocycles. The Morgan fingerprint density at radius 1 is 1.50 bits per heavy atom. The lowest BCUT2D eigenvalue weighted by atomic mass is 10.1. The van der Waals surface area contributed by atoms with Gasteiger partial charge in [0.2, 0.25) is 0 Å². The van der Waals surface area contributed by atoms with Crippen molar-refractivity contribution in [3.8, 4) is 0 Å². The summed E-state index contributed by atoms with van der Waals surface area (Å²) >= 11 is 3.51. The topological polar surface area (TPSA) is 37.2 Å². The van der Waals surface area contributed by atoms with Gasteiger partial charge in [0, 0.05) is 35.2 Å². The average molecular weight is 255 g/mol. The van der Waals surface area contributed by atoms with E-state index < -0.39 is 0 Å². The number of hydroxylamine groups is 1. The summed E-state index contributed by atoms with van der Waals surface area (Å²) in [6.07, 6.45) is 2.02. The lowest BCUT2D eigenvalue weighted by molar-refractivity contribution is 0.161. The number of nitrogens with zero attached hydrogens (tertiary/aromatic N) is 1. The Hall–Kier alpha value is -0.840. The summed E-state index contributed by atoms with van der Waals surface area (Å²) in [5.41, 5.74) is 4.42. The highest BCUT2D eigenvalue weighted by Crippen LogP contribution is 2.28. The molecule has 14 heavy (non-hydrogen) atoms. The zero-order valence-corrected chi connectivity index (χ0v) is 9.37. The first-order valence-electron chi connectivity index (χ1n) is 4.33. The van der Waals surface area contributed by atoms with Gasteiger partial charge in [0.05, 0.1) is 0 Å². The van der Waals surface area contributed by atoms with E-state index in [0.29, 0.717) is 6.54 Å². The number of nitrogens with one attached hydrogen (secondary N) is 1. The molecule has 2 rings (SSSR count). The minimum absolute atomic E-state index is 0.458. The second-order valence-corrected chi connectivity index (χ2v) is 4.09. The Bertz CT molecular complexity index is 464. The Kier molecular flexibility index (Phi) is 2.58. The van der Waals surface area contributed by atoms with Crippen molar-refractivity contribution in [1.29, 1.82) is 0 Å². The lowest BCUT2D eigenvalue weighted by Gasteiger charge is -2.02. The summed E-state index contributed by atoms with van der Waals surface area (Å²) in [5, 5.41) is 9.85. The van der Waals surface area contributed by atoms with Crippen molar-refractivity contribution in [2.45, 2.75) is 6.54 Å². The van der Waals surface area contributed by atoms with E-state index in [0.717, 1.165) is 20.9 Å². The molecule has 0 spiro atoms. The molecule has 0 aliphatic heterocycles. The molecule has 0 aliphatic carbocycles. The molecule has 0 saturated heterocycles. The second kappa shape index (κ2) is 3.73. The number of fused-ring (bicyclic) bond motifs is 1. The molecule has 1 heterocycles. The summed E-state index contributed by atoms with van der Waals surface area (Å²) in [6, 6.07) is 6.04. The minimum atomic E-state index is 0.458. The third-order valence-corrected chi connectivity index (χ3v) is 2.93. The molecule has 0 fully saturated rings. The number of benzene rings is 1. The quantitative estimate of drug-likeness (QED) is 0.808. The van der Waals surface area contributed by atoms with Crippen molar-refractivity contribution < 1.29 is 5.21 Å². The molecule has 2 aromatic rings. The van der Waals surface area contributed by atoms with Gasteiger partial charge in [0.1, 0.15) is 0 Å². The molecular formula is C10H11BrN2O. The van der Waals surface area contributed by atoms with E-state index >= 15 is 0 Å². The standard InChI is InChI=1S/C10H11BrN2O/c1-13-6-8(11)10-7(5-12-14)3-2-4-9(10)13/h2-4,6,12,14H,5H2,1H3. The molecule has 2 N–H and O–H groups in total. The van der Waals surface area contributed by atoms with Crippen LogP contribution in [0.25, 0.3) is 10.9 Å². The van der Waals surface area contributed by atoms with Gasteiger partial charge in [-0.05, 0) is 27.6 Å². The Balaban J connectivity index is 2.72. The first-order chi connectivity index (χ1) is 6.74. The summed E-state index contributed by atoms with van der Waals surface area (Å²) in [4.78, 5) is 0. The molecule has 0 unspecified atom stereocenters. The van der Waals surface area contributed by atoms with Gasteiger partial charge in [-0.25, -0.2) is 5.48 Å². The minimum Gasteiger partial charge on any atom is -0.349 e. The third-order valence-electron chi connectivity index (χ3n) is 2.32. The summed E-state index contributed by atoms with van der Waals surface area (Å²) in [5.74, 6) is 0. The van der Waals surface area contributed by atoms with Crippen molar-refractivity contribution in [3.05, 3.63) is 34.4 Å². The van der Waals surface area contributed by atoms with Crippen LogP contribution in [0.1, 0.15) is 5.56 Å². The highest BCUT2D eigenvalue weighted by Gasteiger charge is 2.07. The Morgan fingerprint density at radius 2 is 2.29 bits per heavy atom. The molecule has 4 heteroatoms. The smallest absolute Gasteiger partial charge is 0.0492 e. The number of hydrogen-bond donors (Lipinski definition) is 2. The molecule has 0 radical (unpaired) electrons. The van der Waals surface area contributed by atoms with Crippen LogP contribution >= 0.6 is 15.9 Å². The zero-order valence-electron chi connectivity index (χ0n) is 7.79. The van der Waals surface area contributed by atoms with Gasteiger partial charge >= 0.3 is 0 Å². The molecule has 74 valence electrons. The van der Waals surface area contributed by atoms with Crippen LogP contribution in [0.3, 0.4) is 0 Å². The number of hydrogen-bond acceptors (Lipinski definition) is 2. The van der Waals surface area contributed by atoms with Crippen LogP contribution in [0, 0.1) is 0 Å². The van der Waals surface area contributed by atoms with Crippen LogP contribution in [-0.2, 0) is 13.6 Å². The Morgan fingerprint density at radius 3 is 3.00 bits per heavy atom. The zero-order chi connectivity index (χ0) is 10.1. The van der Waals surface area contributed by atoms with Gasteiger partial charge in [0.15, 0.2) is 0 Å². The monoisotopic (exact) mass is 254 g/mol. The predicted molar refractivity (Wildman–Crippen MR) is 59.2 cm³/mol. The van der Waals surface area contributed by atoms with E-state index in [1.807, 2.05) is 25.4 Å². The van der Waals surface area contributed by atoms with Crippen molar-refractivity contribution >= 4 is 26.8 Å². The molecule has 0 aliphatic rings. The molecule has 3 nitrogen and oxygen atoms in total. The largest absolute Gasteiger partial charge is 0.349 e. The van der Waals surface area contributed by atoms with E-state index in [1.165, 1.54) is 0 Å². The van der Waals surface area contributed by atoms with Crippen LogP contribution in [-0.4, -0.2) is 9.77 Å². The van der Waals surface area contributed by atoms with Gasteiger partial charge in [0.25, 0.3) is 0 Å². The highest BCUT2D eigenvalue weighted by atomic mass is 79.9. The number of halogens is 1. The lowest BCUT2D eigenvalue weighted by Crippen LogP contribution is -2.06. The van der Waals surface area contributed by atoms with Gasteiger partial charge in [-0.2, -0.15) is 0 Å². The van der Waals surface area contributed by atoms with Gasteiger partial charge in [-0.3, -0.25) is 0 Å². The van der Waals surface area contributed by atoms with Crippen LogP contribution in [0.5, 0.6) is 0 Å². The fourth-order valence-electron chi connectivity index (χ4n) is 1.69. The van der Waals surface area contributed by atoms with Crippen LogP contribution in [0.2, 0.25) is 0 Å². The first-order valence-corrected chi connectivity index (χ1v) is 5.12. The summed E-state index contributed by atoms with van der Waals surface area (Å²) in [7, 11) is 2.00. The fourth-order valence-corrected chi connectivity index (χ4v) is 2.46. The summed E-state index contributed by atoms with van der Waals surface area (Å²) in [6.45, 7) is 0.458. The van der Waals surface area contributed by atoms with E-state index in [9.17, 15) is 0 Å². The van der Waals surface area contributed by atoms with Gasteiger partial charge in [-0.1, -0.05) is 12.1 Å². The maximum Gasteiger partial charge on any atom is 0.0492 e. The van der Waals surface area contributed by atoms with Crippen LogP contribution < -0.4 is 5.48 Å². The highest BCUT2D eigenvalue weighted by molar-refractivity contribution is 9.10. The maximum absolute atomic E-state index is 8.70. The van der Waals surface area contributed by atoms with Gasteiger partial charge in [-0.15, -0.1) is 0 Å². The molecule has 0 amide bonds. The molecular weight excluding hydrogens is 244 g/mol. The van der Waals surface area contributed by atoms with Gasteiger partial charge < -0.3 is 9.77 Å². The normalized spacial score (nSPS) is 11.1. The number of aryl methyl sites for hydroxylation is 1. The second-order valence-electron chi connectivity index (χ2n) is 3.23. The van der Waals surface area contributed by atoms with Crippen molar-refractivity contribution in [3.63, 3.8) is 0 Å². The van der Waals surface area contributed by atoms with Crippen LogP contribution in [0.4, 0.5) is 0 Å². The van der Waals surface area contributed by atoms with E-state index in [-0.39, 0.29) is 0 Å². The maximum atomic E-state index is 8.70. The SMILES string of the molecule is Cn1cc(Br)c2c(CNO)cccc21. The predicted octanol–water partition coefficient (Wildman–Crippen LogP) is 2.42. The molecule has 1 aromatic heterocycles. The number of aromatic nitrogens is 1. The van der Waals surface area contributed by atoms with E-state index in [1.54, 1.807) is 0 Å². The molecule has 0 bridgehead atoms. The fraction of sp³-hybridized carbons (Fsp3) is 0.200. The van der Waals surface area contributed by atoms with Crippen molar-refractivity contribution in [2.24, 2.45) is 7.05 Å².